The van der Waals surface area contributed by atoms with Gasteiger partial charge in [-0.05, 0) is 36.5 Å². The van der Waals surface area contributed by atoms with Gasteiger partial charge in [-0.15, -0.1) is 0 Å². The van der Waals surface area contributed by atoms with Gasteiger partial charge in [-0.2, -0.15) is 0 Å². The lowest BCUT2D eigenvalue weighted by Crippen LogP contribution is -2.22. The summed E-state index contributed by atoms with van der Waals surface area (Å²) in [5.41, 5.74) is 2.12. The largest absolute Gasteiger partial charge is 0.326 e. The molecule has 110 valence electrons. The lowest BCUT2D eigenvalue weighted by atomic mass is 10.0. The Morgan fingerprint density at radius 3 is 2.75 bits per heavy atom. The summed E-state index contributed by atoms with van der Waals surface area (Å²) in [5.74, 6) is 0.756. The molecule has 2 rings (SSSR count). The van der Waals surface area contributed by atoms with Crippen molar-refractivity contribution >= 4 is 11.6 Å². The summed E-state index contributed by atoms with van der Waals surface area (Å²) in [4.78, 5) is 12.0. The number of carbonyl (C=O) groups is 1. The van der Waals surface area contributed by atoms with Crippen LogP contribution in [0.2, 0.25) is 0 Å². The second-order valence-corrected chi connectivity index (χ2v) is 6.14. The summed E-state index contributed by atoms with van der Waals surface area (Å²) in [6.45, 7) is 5.10. The Hall–Kier alpha value is -1.35. The van der Waals surface area contributed by atoms with Crippen molar-refractivity contribution in [1.29, 1.82) is 0 Å². The summed E-state index contributed by atoms with van der Waals surface area (Å²) < 4.78 is 0. The first-order valence-corrected chi connectivity index (χ1v) is 7.75. The first-order valence-electron chi connectivity index (χ1n) is 7.75. The fraction of sp³-hybridized carbons (Fsp3) is 0.588. The molecule has 0 radical (unpaired) electrons. The minimum absolute atomic E-state index is 0.158. The zero-order valence-electron chi connectivity index (χ0n) is 12.6. The molecule has 1 fully saturated rings. The van der Waals surface area contributed by atoms with Crippen LogP contribution >= 0.6 is 0 Å². The van der Waals surface area contributed by atoms with Crippen molar-refractivity contribution in [3.8, 4) is 0 Å². The Balaban J connectivity index is 1.85. The van der Waals surface area contributed by atoms with Gasteiger partial charge in [0.05, 0.1) is 0 Å². The van der Waals surface area contributed by atoms with Crippen LogP contribution in [-0.4, -0.2) is 11.9 Å². The van der Waals surface area contributed by atoms with Crippen molar-refractivity contribution in [2.45, 2.75) is 58.5 Å². The fourth-order valence-corrected chi connectivity index (χ4v) is 2.77. The van der Waals surface area contributed by atoms with E-state index in [0.717, 1.165) is 12.2 Å². The van der Waals surface area contributed by atoms with Crippen molar-refractivity contribution in [3.63, 3.8) is 0 Å². The molecule has 2 N–H and O–H groups in total. The van der Waals surface area contributed by atoms with E-state index in [0.29, 0.717) is 18.4 Å². The third kappa shape index (κ3) is 4.97. The minimum atomic E-state index is 0.158. The van der Waals surface area contributed by atoms with E-state index >= 15 is 0 Å². The highest BCUT2D eigenvalue weighted by Crippen LogP contribution is 2.27. The van der Waals surface area contributed by atoms with Crippen molar-refractivity contribution in [1.82, 2.24) is 5.32 Å². The number of nitrogens with one attached hydrogen (secondary N) is 2. The summed E-state index contributed by atoms with van der Waals surface area (Å²) in [6.07, 6.45) is 5.68. The number of hydrogen-bond donors (Lipinski definition) is 2. The predicted octanol–water partition coefficient (Wildman–Crippen LogP) is 3.70. The molecule has 1 saturated carbocycles. The molecule has 1 aromatic carbocycles. The highest BCUT2D eigenvalue weighted by molar-refractivity contribution is 5.90. The zero-order chi connectivity index (χ0) is 14.4. The second-order valence-electron chi connectivity index (χ2n) is 6.14. The van der Waals surface area contributed by atoms with Gasteiger partial charge in [0.25, 0.3) is 0 Å². The van der Waals surface area contributed by atoms with Crippen LogP contribution in [0.25, 0.3) is 0 Å². The normalized spacial score (nSPS) is 15.8. The lowest BCUT2D eigenvalue weighted by Gasteiger charge is -2.12. The van der Waals surface area contributed by atoms with Crippen molar-refractivity contribution in [2.75, 3.05) is 5.32 Å². The van der Waals surface area contributed by atoms with Crippen LogP contribution in [0.3, 0.4) is 0 Å². The molecular weight excluding hydrogens is 248 g/mol. The van der Waals surface area contributed by atoms with Gasteiger partial charge in [0.15, 0.2) is 0 Å². The van der Waals surface area contributed by atoms with Gasteiger partial charge in [-0.3, -0.25) is 4.79 Å². The van der Waals surface area contributed by atoms with Crippen molar-refractivity contribution in [3.05, 3.63) is 29.8 Å². The minimum Gasteiger partial charge on any atom is -0.326 e. The van der Waals surface area contributed by atoms with E-state index in [9.17, 15) is 4.79 Å². The molecule has 0 heterocycles. The van der Waals surface area contributed by atoms with Crippen molar-refractivity contribution in [2.24, 2.45) is 5.92 Å². The maximum atomic E-state index is 12.0. The molecule has 1 amide bonds. The van der Waals surface area contributed by atoms with E-state index in [2.05, 4.69) is 36.6 Å². The Labute approximate surface area is 122 Å². The highest BCUT2D eigenvalue weighted by atomic mass is 16.1. The van der Waals surface area contributed by atoms with E-state index in [4.69, 9.17) is 0 Å². The van der Waals surface area contributed by atoms with E-state index in [1.165, 1.54) is 31.2 Å². The molecule has 3 nitrogen and oxygen atoms in total. The van der Waals surface area contributed by atoms with Gasteiger partial charge < -0.3 is 10.6 Å². The van der Waals surface area contributed by atoms with Crippen LogP contribution in [-0.2, 0) is 11.3 Å². The molecule has 1 aromatic rings. The molecule has 0 saturated heterocycles. The van der Waals surface area contributed by atoms with Gasteiger partial charge >= 0.3 is 0 Å². The van der Waals surface area contributed by atoms with E-state index in [1.54, 1.807) is 0 Å². The molecule has 3 heteroatoms. The maximum absolute atomic E-state index is 12.0. The van der Waals surface area contributed by atoms with Crippen molar-refractivity contribution < 1.29 is 4.79 Å². The first kappa shape index (κ1) is 15.0. The van der Waals surface area contributed by atoms with E-state index in [-0.39, 0.29) is 5.91 Å². The molecule has 0 spiro atoms. The number of carbonyl (C=O) groups excluding carboxylic acids is 1. The highest BCUT2D eigenvalue weighted by Gasteiger charge is 2.18. The fourth-order valence-electron chi connectivity index (χ4n) is 2.77. The summed E-state index contributed by atoms with van der Waals surface area (Å²) in [6, 6.07) is 8.58. The van der Waals surface area contributed by atoms with Crippen LogP contribution in [0, 0.1) is 5.92 Å². The summed E-state index contributed by atoms with van der Waals surface area (Å²) in [7, 11) is 0. The Morgan fingerprint density at radius 2 is 2.05 bits per heavy atom. The Morgan fingerprint density at radius 1 is 1.30 bits per heavy atom. The topological polar surface area (TPSA) is 41.1 Å². The monoisotopic (exact) mass is 274 g/mol. The number of benzene rings is 1. The third-order valence-corrected chi connectivity index (χ3v) is 3.87. The molecule has 0 atom stereocenters. The van der Waals surface area contributed by atoms with Crippen LogP contribution < -0.4 is 10.6 Å². The summed E-state index contributed by atoms with van der Waals surface area (Å²) in [5, 5.41) is 6.42. The third-order valence-electron chi connectivity index (χ3n) is 3.87. The first-order chi connectivity index (χ1) is 9.63. The Kier molecular flexibility index (Phi) is 5.60. The zero-order valence-corrected chi connectivity index (χ0v) is 12.6. The number of anilines is 1. The van der Waals surface area contributed by atoms with Crippen LogP contribution in [0.4, 0.5) is 5.69 Å². The quantitative estimate of drug-likeness (QED) is 0.830. The molecule has 0 aliphatic heterocycles. The van der Waals surface area contributed by atoms with Crippen LogP contribution in [0.1, 0.15) is 51.5 Å². The number of rotatable bonds is 6. The number of amides is 1. The van der Waals surface area contributed by atoms with Gasteiger partial charge in [-0.1, -0.05) is 38.8 Å². The molecular formula is C17H26N2O. The standard InChI is InChI=1S/C17H26N2O/c1-13(2)18-12-15-8-5-9-16(10-15)19-17(20)11-14-6-3-4-7-14/h5,8-10,13-14,18H,3-4,6-7,11-12H2,1-2H3,(H,19,20). The van der Waals surface area contributed by atoms with E-state index < -0.39 is 0 Å². The smallest absolute Gasteiger partial charge is 0.224 e. The summed E-state index contributed by atoms with van der Waals surface area (Å²) >= 11 is 0. The maximum Gasteiger partial charge on any atom is 0.224 e. The second kappa shape index (κ2) is 7.44. The van der Waals surface area contributed by atoms with Gasteiger partial charge in [0, 0.05) is 24.7 Å². The van der Waals surface area contributed by atoms with Gasteiger partial charge in [0.1, 0.15) is 0 Å². The van der Waals surface area contributed by atoms with Crippen LogP contribution in [0.5, 0.6) is 0 Å². The molecule has 20 heavy (non-hydrogen) atoms. The van der Waals surface area contributed by atoms with Crippen LogP contribution in [0.15, 0.2) is 24.3 Å². The molecule has 0 unspecified atom stereocenters. The molecule has 0 aromatic heterocycles. The Bertz CT molecular complexity index is 436. The molecule has 1 aliphatic carbocycles. The lowest BCUT2D eigenvalue weighted by molar-refractivity contribution is -0.117. The number of hydrogen-bond acceptors (Lipinski definition) is 2. The van der Waals surface area contributed by atoms with Gasteiger partial charge in [-0.25, -0.2) is 0 Å². The van der Waals surface area contributed by atoms with E-state index in [1.807, 2.05) is 12.1 Å². The molecule has 0 bridgehead atoms. The SMILES string of the molecule is CC(C)NCc1cccc(NC(=O)CC2CCCC2)c1. The average Bonchev–Trinajstić information content (AvgIpc) is 2.89. The average molecular weight is 274 g/mol. The molecule has 1 aliphatic rings. The predicted molar refractivity (Wildman–Crippen MR) is 83.6 cm³/mol. The van der Waals surface area contributed by atoms with Gasteiger partial charge in [0.2, 0.25) is 5.91 Å².